The van der Waals surface area contributed by atoms with Crippen LogP contribution in [0.4, 0.5) is 5.82 Å². The Balaban J connectivity index is 2.11. The zero-order chi connectivity index (χ0) is 14.5. The molecule has 5 nitrogen and oxygen atoms in total. The van der Waals surface area contributed by atoms with Gasteiger partial charge in [0.2, 0.25) is 0 Å². The molecule has 0 atom stereocenters. The summed E-state index contributed by atoms with van der Waals surface area (Å²) in [6.45, 7) is 0.646. The van der Waals surface area contributed by atoms with Crippen molar-refractivity contribution < 1.29 is 9.90 Å². The molecule has 1 N–H and O–H groups in total. The van der Waals surface area contributed by atoms with E-state index in [4.69, 9.17) is 16.7 Å². The van der Waals surface area contributed by atoms with Crippen LogP contribution in [0.3, 0.4) is 0 Å². The molecule has 0 aliphatic rings. The first-order valence-electron chi connectivity index (χ1n) is 6.08. The van der Waals surface area contributed by atoms with E-state index in [1.165, 1.54) is 12.3 Å². The summed E-state index contributed by atoms with van der Waals surface area (Å²) < 4.78 is 0. The van der Waals surface area contributed by atoms with Gasteiger partial charge in [-0.1, -0.05) is 17.7 Å². The first kappa shape index (κ1) is 14.3. The summed E-state index contributed by atoms with van der Waals surface area (Å²) in [5.41, 5.74) is 1.02. The van der Waals surface area contributed by atoms with Crippen molar-refractivity contribution in [3.05, 3.63) is 52.9 Å². The highest BCUT2D eigenvalue weighted by molar-refractivity contribution is 6.35. The quantitative estimate of drug-likeness (QED) is 0.917. The molecule has 0 fully saturated rings. The van der Waals surface area contributed by atoms with Gasteiger partial charge in [0.25, 0.3) is 0 Å². The highest BCUT2D eigenvalue weighted by Crippen LogP contribution is 2.26. The van der Waals surface area contributed by atoms with E-state index in [0.29, 0.717) is 12.4 Å². The van der Waals surface area contributed by atoms with Gasteiger partial charge in [-0.05, 0) is 18.2 Å². The zero-order valence-electron chi connectivity index (χ0n) is 11.0. The Hall–Kier alpha value is -2.14. The van der Waals surface area contributed by atoms with Crippen molar-refractivity contribution in [2.45, 2.75) is 6.42 Å². The minimum atomic E-state index is -1.06. The van der Waals surface area contributed by atoms with E-state index in [0.717, 1.165) is 12.1 Å². The van der Waals surface area contributed by atoms with Gasteiger partial charge in [0, 0.05) is 38.1 Å². The molecule has 2 aromatic heterocycles. The Morgan fingerprint density at radius 2 is 2.10 bits per heavy atom. The summed E-state index contributed by atoms with van der Waals surface area (Å²) in [4.78, 5) is 21.2. The van der Waals surface area contributed by atoms with Crippen LogP contribution in [0.15, 0.2) is 36.7 Å². The Labute approximate surface area is 121 Å². The average Bonchev–Trinajstić information content (AvgIpc) is 2.46. The number of halogens is 1. The molecule has 20 heavy (non-hydrogen) atoms. The van der Waals surface area contributed by atoms with Crippen molar-refractivity contribution in [3.63, 3.8) is 0 Å². The fourth-order valence-corrected chi connectivity index (χ4v) is 2.14. The molecule has 2 rings (SSSR count). The minimum absolute atomic E-state index is 0.0568. The van der Waals surface area contributed by atoms with E-state index < -0.39 is 5.97 Å². The average molecular weight is 292 g/mol. The largest absolute Gasteiger partial charge is 0.478 e. The summed E-state index contributed by atoms with van der Waals surface area (Å²) in [6, 6.07) is 7.12. The van der Waals surface area contributed by atoms with Crippen molar-refractivity contribution in [2.24, 2.45) is 0 Å². The van der Waals surface area contributed by atoms with Gasteiger partial charge in [0.15, 0.2) is 0 Å². The molecule has 104 valence electrons. The summed E-state index contributed by atoms with van der Waals surface area (Å²) in [5.74, 6) is -0.598. The van der Waals surface area contributed by atoms with Gasteiger partial charge in [0.05, 0.1) is 10.6 Å². The third-order valence-electron chi connectivity index (χ3n) is 2.89. The lowest BCUT2D eigenvalue weighted by atomic mass is 10.2. The number of aromatic carboxylic acids is 1. The van der Waals surface area contributed by atoms with Crippen LogP contribution in [0, 0.1) is 0 Å². The maximum atomic E-state index is 11.0. The van der Waals surface area contributed by atoms with Crippen LogP contribution in [-0.4, -0.2) is 34.6 Å². The molecule has 2 aromatic rings. The van der Waals surface area contributed by atoms with E-state index in [-0.39, 0.29) is 10.6 Å². The van der Waals surface area contributed by atoms with E-state index in [9.17, 15) is 4.79 Å². The standard InChI is InChI=1S/C14H14ClN3O2/c1-18(9-6-10-4-2-3-7-16-10)13-12(15)11(14(19)20)5-8-17-13/h2-5,7-8H,6,9H2,1H3,(H,19,20). The first-order chi connectivity index (χ1) is 9.59. The highest BCUT2D eigenvalue weighted by atomic mass is 35.5. The normalized spacial score (nSPS) is 10.3. The Kier molecular flexibility index (Phi) is 4.53. The van der Waals surface area contributed by atoms with E-state index in [1.54, 1.807) is 6.20 Å². The molecule has 0 bridgehead atoms. The third kappa shape index (κ3) is 3.24. The maximum Gasteiger partial charge on any atom is 0.337 e. The molecule has 6 heteroatoms. The summed E-state index contributed by atoms with van der Waals surface area (Å²) in [6.07, 6.45) is 3.92. The summed E-state index contributed by atoms with van der Waals surface area (Å²) in [7, 11) is 1.82. The number of aromatic nitrogens is 2. The number of likely N-dealkylation sites (N-methyl/N-ethyl adjacent to an activating group) is 1. The van der Waals surface area contributed by atoms with E-state index in [1.807, 2.05) is 30.1 Å². The fraction of sp³-hybridized carbons (Fsp3) is 0.214. The Bertz CT molecular complexity index is 605. The van der Waals surface area contributed by atoms with Crippen LogP contribution >= 0.6 is 11.6 Å². The molecule has 0 aliphatic carbocycles. The molecule has 0 amide bonds. The zero-order valence-corrected chi connectivity index (χ0v) is 11.7. The van der Waals surface area contributed by atoms with E-state index >= 15 is 0 Å². The highest BCUT2D eigenvalue weighted by Gasteiger charge is 2.15. The van der Waals surface area contributed by atoms with Crippen molar-refractivity contribution in [3.8, 4) is 0 Å². The summed E-state index contributed by atoms with van der Waals surface area (Å²) >= 11 is 6.08. The number of carboxylic acid groups (broad SMARTS) is 1. The number of carbonyl (C=O) groups is 1. The lowest BCUT2D eigenvalue weighted by molar-refractivity contribution is 0.0697. The molecular weight excluding hydrogens is 278 g/mol. The lowest BCUT2D eigenvalue weighted by Crippen LogP contribution is -2.22. The van der Waals surface area contributed by atoms with Crippen LogP contribution in [0.25, 0.3) is 0 Å². The number of rotatable bonds is 5. The smallest absolute Gasteiger partial charge is 0.337 e. The number of pyridine rings is 2. The predicted molar refractivity (Wildman–Crippen MR) is 77.4 cm³/mol. The molecular formula is C14H14ClN3O2. The van der Waals surface area contributed by atoms with Gasteiger partial charge >= 0.3 is 5.97 Å². The predicted octanol–water partition coefficient (Wildman–Crippen LogP) is 2.51. The van der Waals surface area contributed by atoms with Gasteiger partial charge < -0.3 is 10.0 Å². The second-order valence-corrected chi connectivity index (χ2v) is 4.67. The van der Waals surface area contributed by atoms with Crippen LogP contribution in [0.1, 0.15) is 16.1 Å². The molecule has 0 radical (unpaired) electrons. The number of hydrogen-bond acceptors (Lipinski definition) is 4. The molecule has 0 saturated heterocycles. The topological polar surface area (TPSA) is 66.3 Å². The van der Waals surface area contributed by atoms with Gasteiger partial charge in [-0.15, -0.1) is 0 Å². The second-order valence-electron chi connectivity index (χ2n) is 4.29. The molecule has 0 unspecified atom stereocenters. The Morgan fingerprint density at radius 1 is 1.30 bits per heavy atom. The van der Waals surface area contributed by atoms with Crippen molar-refractivity contribution >= 4 is 23.4 Å². The molecule has 2 heterocycles. The van der Waals surface area contributed by atoms with Gasteiger partial charge in [0.1, 0.15) is 5.82 Å². The van der Waals surface area contributed by atoms with Crippen LogP contribution in [-0.2, 0) is 6.42 Å². The maximum absolute atomic E-state index is 11.0. The summed E-state index contributed by atoms with van der Waals surface area (Å²) in [5, 5.41) is 9.20. The van der Waals surface area contributed by atoms with Crippen LogP contribution in [0.5, 0.6) is 0 Å². The number of hydrogen-bond donors (Lipinski definition) is 1. The molecule has 0 aliphatic heterocycles. The number of anilines is 1. The third-order valence-corrected chi connectivity index (χ3v) is 3.26. The fourth-order valence-electron chi connectivity index (χ4n) is 1.80. The number of carboxylic acids is 1. The monoisotopic (exact) mass is 291 g/mol. The Morgan fingerprint density at radius 3 is 2.75 bits per heavy atom. The van der Waals surface area contributed by atoms with E-state index in [2.05, 4.69) is 9.97 Å². The van der Waals surface area contributed by atoms with Crippen molar-refractivity contribution in [1.29, 1.82) is 0 Å². The van der Waals surface area contributed by atoms with Gasteiger partial charge in [-0.2, -0.15) is 0 Å². The minimum Gasteiger partial charge on any atom is -0.478 e. The van der Waals surface area contributed by atoms with Gasteiger partial charge in [-0.3, -0.25) is 4.98 Å². The molecule has 0 aromatic carbocycles. The first-order valence-corrected chi connectivity index (χ1v) is 6.46. The molecule has 0 saturated carbocycles. The number of nitrogens with zero attached hydrogens (tertiary/aromatic N) is 3. The van der Waals surface area contributed by atoms with Crippen molar-refractivity contribution in [1.82, 2.24) is 9.97 Å². The van der Waals surface area contributed by atoms with Crippen LogP contribution in [0.2, 0.25) is 5.02 Å². The second kappa shape index (κ2) is 6.34. The van der Waals surface area contributed by atoms with Crippen molar-refractivity contribution in [2.75, 3.05) is 18.5 Å². The molecule has 0 spiro atoms. The van der Waals surface area contributed by atoms with Crippen LogP contribution < -0.4 is 4.90 Å². The SMILES string of the molecule is CN(CCc1ccccn1)c1nccc(C(=O)O)c1Cl. The van der Waals surface area contributed by atoms with Gasteiger partial charge in [-0.25, -0.2) is 9.78 Å². The lowest BCUT2D eigenvalue weighted by Gasteiger charge is -2.19.